The van der Waals surface area contributed by atoms with Crippen LogP contribution in [0.3, 0.4) is 0 Å². The second kappa shape index (κ2) is 7.90. The molecule has 2 aromatic carbocycles. The van der Waals surface area contributed by atoms with Gasteiger partial charge in [0.15, 0.2) is 0 Å². The highest BCUT2D eigenvalue weighted by Gasteiger charge is 2.44. The fraction of sp³-hybridized carbons (Fsp3) is 0.333. The Morgan fingerprint density at radius 1 is 1.00 bits per heavy atom. The van der Waals surface area contributed by atoms with E-state index in [1.165, 1.54) is 0 Å². The Morgan fingerprint density at radius 3 is 2.50 bits per heavy atom. The zero-order valence-electron chi connectivity index (χ0n) is 13.7. The highest BCUT2D eigenvalue weighted by atomic mass is 16.7. The lowest BCUT2D eigenvalue weighted by atomic mass is 9.99. The van der Waals surface area contributed by atoms with E-state index in [1.807, 2.05) is 0 Å². The molecular weight excluding hydrogens is 342 g/mol. The van der Waals surface area contributed by atoms with Gasteiger partial charge in [0.2, 0.25) is 6.29 Å². The summed E-state index contributed by atoms with van der Waals surface area (Å²) in [5, 5.41) is 42.0. The predicted molar refractivity (Wildman–Crippen MR) is 91.7 cm³/mol. The fourth-order valence-electron chi connectivity index (χ4n) is 2.83. The largest absolute Gasteiger partial charge is 0.461 e. The SMILES string of the molecule is O=Nc1cccc(-c2ccccc2O[C@@H]2O[C@H](CO)[C@H](O)[C@H](O)[C@H]2O)c1. The molecule has 3 rings (SSSR count). The van der Waals surface area contributed by atoms with E-state index in [-0.39, 0.29) is 5.69 Å². The van der Waals surface area contributed by atoms with Crippen molar-refractivity contribution >= 4 is 5.69 Å². The maximum absolute atomic E-state index is 10.8. The zero-order chi connectivity index (χ0) is 18.7. The van der Waals surface area contributed by atoms with E-state index in [0.29, 0.717) is 16.9 Å². The number of aliphatic hydroxyl groups is 4. The van der Waals surface area contributed by atoms with Gasteiger partial charge in [0, 0.05) is 5.56 Å². The molecule has 26 heavy (non-hydrogen) atoms. The standard InChI is InChI=1S/C18H19NO7/c20-9-14-15(21)16(22)17(23)18(26-14)25-13-7-2-1-6-12(13)10-4-3-5-11(8-10)19-24/h1-8,14-18,20-23H,9H2/t14-,15+,16+,17-,18-/m1/s1. The van der Waals surface area contributed by atoms with Gasteiger partial charge in [-0.05, 0) is 28.9 Å². The number of nitrogens with zero attached hydrogens (tertiary/aromatic N) is 1. The molecule has 8 nitrogen and oxygen atoms in total. The Morgan fingerprint density at radius 2 is 1.77 bits per heavy atom. The number of nitroso groups, excluding NO2 is 1. The van der Waals surface area contributed by atoms with Crippen LogP contribution < -0.4 is 4.74 Å². The van der Waals surface area contributed by atoms with Gasteiger partial charge in [-0.2, -0.15) is 0 Å². The lowest BCUT2D eigenvalue weighted by Gasteiger charge is -2.39. The molecule has 5 atom stereocenters. The highest BCUT2D eigenvalue weighted by molar-refractivity contribution is 5.72. The fourth-order valence-corrected chi connectivity index (χ4v) is 2.83. The molecule has 1 saturated heterocycles. The maximum atomic E-state index is 10.8. The Hall–Kier alpha value is -2.36. The molecule has 4 N–H and O–H groups in total. The monoisotopic (exact) mass is 361 g/mol. The molecule has 0 bridgehead atoms. The first-order valence-electron chi connectivity index (χ1n) is 8.05. The maximum Gasteiger partial charge on any atom is 0.229 e. The van der Waals surface area contributed by atoms with Crippen molar-refractivity contribution in [3.05, 3.63) is 53.4 Å². The molecule has 0 radical (unpaired) electrons. The highest BCUT2D eigenvalue weighted by Crippen LogP contribution is 2.34. The third-order valence-electron chi connectivity index (χ3n) is 4.24. The van der Waals surface area contributed by atoms with Gasteiger partial charge in [0.05, 0.1) is 6.61 Å². The predicted octanol–water partition coefficient (Wildman–Crippen LogP) is 0.930. The van der Waals surface area contributed by atoms with E-state index in [9.17, 15) is 25.3 Å². The van der Waals surface area contributed by atoms with Crippen LogP contribution in [-0.4, -0.2) is 57.7 Å². The van der Waals surface area contributed by atoms with Crippen molar-refractivity contribution in [3.8, 4) is 16.9 Å². The van der Waals surface area contributed by atoms with Crippen LogP contribution >= 0.6 is 0 Å². The van der Waals surface area contributed by atoms with Crippen LogP contribution in [0.5, 0.6) is 5.75 Å². The minimum atomic E-state index is -1.53. The summed E-state index contributed by atoms with van der Waals surface area (Å²) in [5.74, 6) is 0.333. The minimum absolute atomic E-state index is 0.255. The topological polar surface area (TPSA) is 129 Å². The second-order valence-electron chi connectivity index (χ2n) is 5.95. The number of hydrogen-bond acceptors (Lipinski definition) is 8. The molecule has 0 spiro atoms. The molecule has 0 saturated carbocycles. The van der Waals surface area contributed by atoms with Gasteiger partial charge in [-0.25, -0.2) is 0 Å². The first-order chi connectivity index (χ1) is 12.5. The average Bonchev–Trinajstić information content (AvgIpc) is 2.68. The Bertz CT molecular complexity index is 767. The van der Waals surface area contributed by atoms with Crippen LogP contribution in [0.4, 0.5) is 5.69 Å². The summed E-state index contributed by atoms with van der Waals surface area (Å²) in [6.07, 6.45) is -6.85. The molecule has 0 unspecified atom stereocenters. The summed E-state index contributed by atoms with van der Waals surface area (Å²) >= 11 is 0. The number of benzene rings is 2. The third kappa shape index (κ3) is 3.59. The molecule has 0 amide bonds. The van der Waals surface area contributed by atoms with Crippen molar-refractivity contribution in [1.82, 2.24) is 0 Å². The van der Waals surface area contributed by atoms with E-state index in [1.54, 1.807) is 48.5 Å². The van der Waals surface area contributed by atoms with Crippen molar-refractivity contribution in [1.29, 1.82) is 0 Å². The zero-order valence-corrected chi connectivity index (χ0v) is 13.7. The van der Waals surface area contributed by atoms with Gasteiger partial charge < -0.3 is 29.9 Å². The first-order valence-corrected chi connectivity index (χ1v) is 8.05. The molecule has 1 fully saturated rings. The molecule has 8 heteroatoms. The van der Waals surface area contributed by atoms with Crippen molar-refractivity contribution in [2.45, 2.75) is 30.7 Å². The van der Waals surface area contributed by atoms with Gasteiger partial charge in [0.1, 0.15) is 35.9 Å². The van der Waals surface area contributed by atoms with Crippen LogP contribution in [0.2, 0.25) is 0 Å². The number of aliphatic hydroxyl groups excluding tert-OH is 4. The van der Waals surface area contributed by atoms with Gasteiger partial charge in [0.25, 0.3) is 0 Å². The Balaban J connectivity index is 1.89. The number of rotatable bonds is 5. The Kier molecular flexibility index (Phi) is 5.60. The summed E-state index contributed by atoms with van der Waals surface area (Å²) in [7, 11) is 0. The van der Waals surface area contributed by atoms with E-state index in [0.717, 1.165) is 0 Å². The third-order valence-corrected chi connectivity index (χ3v) is 4.24. The van der Waals surface area contributed by atoms with Crippen LogP contribution in [-0.2, 0) is 4.74 Å². The normalized spacial score (nSPS) is 28.5. The van der Waals surface area contributed by atoms with Crippen LogP contribution in [0.1, 0.15) is 0 Å². The lowest BCUT2D eigenvalue weighted by Crippen LogP contribution is -2.60. The minimum Gasteiger partial charge on any atom is -0.461 e. The van der Waals surface area contributed by atoms with Crippen LogP contribution in [0.25, 0.3) is 11.1 Å². The molecule has 1 aliphatic rings. The van der Waals surface area contributed by atoms with Crippen molar-refractivity contribution in [2.24, 2.45) is 5.18 Å². The van der Waals surface area contributed by atoms with Crippen LogP contribution in [0.15, 0.2) is 53.7 Å². The Labute approximate surface area is 149 Å². The first kappa shape index (κ1) is 18.4. The number of ether oxygens (including phenoxy) is 2. The van der Waals surface area contributed by atoms with Crippen LogP contribution in [0, 0.1) is 4.91 Å². The summed E-state index contributed by atoms with van der Waals surface area (Å²) in [6.45, 7) is -0.542. The van der Waals surface area contributed by atoms with Gasteiger partial charge in [-0.15, -0.1) is 4.91 Å². The molecule has 138 valence electrons. The quantitative estimate of drug-likeness (QED) is 0.583. The molecule has 0 aliphatic carbocycles. The van der Waals surface area contributed by atoms with Gasteiger partial charge >= 0.3 is 0 Å². The smallest absolute Gasteiger partial charge is 0.229 e. The van der Waals surface area contributed by atoms with Crippen molar-refractivity contribution in [3.63, 3.8) is 0 Å². The molecular formula is C18H19NO7. The summed E-state index contributed by atoms with van der Waals surface area (Å²) < 4.78 is 11.1. The van der Waals surface area contributed by atoms with E-state index in [4.69, 9.17) is 9.47 Å². The molecule has 0 aromatic heterocycles. The van der Waals surface area contributed by atoms with E-state index in [2.05, 4.69) is 5.18 Å². The lowest BCUT2D eigenvalue weighted by molar-refractivity contribution is -0.277. The van der Waals surface area contributed by atoms with Gasteiger partial charge in [-0.3, -0.25) is 0 Å². The molecule has 1 aliphatic heterocycles. The molecule has 1 heterocycles. The number of hydrogen-bond donors (Lipinski definition) is 4. The van der Waals surface area contributed by atoms with E-state index < -0.39 is 37.3 Å². The van der Waals surface area contributed by atoms with Crippen molar-refractivity contribution < 1.29 is 29.9 Å². The second-order valence-corrected chi connectivity index (χ2v) is 5.95. The molecule has 2 aromatic rings. The summed E-state index contributed by atoms with van der Waals surface area (Å²) in [6, 6.07) is 13.5. The average molecular weight is 361 g/mol. The number of para-hydroxylation sites is 1. The summed E-state index contributed by atoms with van der Waals surface area (Å²) in [5.41, 5.74) is 1.54. The van der Waals surface area contributed by atoms with Crippen molar-refractivity contribution in [2.75, 3.05) is 6.61 Å². The van der Waals surface area contributed by atoms with E-state index >= 15 is 0 Å². The van der Waals surface area contributed by atoms with Gasteiger partial charge in [-0.1, -0.05) is 30.3 Å². The summed E-state index contributed by atoms with van der Waals surface area (Å²) in [4.78, 5) is 10.8.